The van der Waals surface area contributed by atoms with E-state index in [1.54, 1.807) is 13.8 Å². The first-order chi connectivity index (χ1) is 12.8. The predicted octanol–water partition coefficient (Wildman–Crippen LogP) is 4.95. The summed E-state index contributed by atoms with van der Waals surface area (Å²) in [6.45, 7) is 5.77. The van der Waals surface area contributed by atoms with E-state index in [9.17, 15) is 17.6 Å². The van der Waals surface area contributed by atoms with Gasteiger partial charge in [0, 0.05) is 18.7 Å². The fourth-order valence-corrected chi connectivity index (χ4v) is 3.55. The smallest absolute Gasteiger partial charge is 0.185 e. The van der Waals surface area contributed by atoms with Crippen LogP contribution in [0.4, 0.5) is 23.2 Å². The van der Waals surface area contributed by atoms with Gasteiger partial charge in [0.2, 0.25) is 0 Å². The highest BCUT2D eigenvalue weighted by atomic mass is 19.2. The van der Waals surface area contributed by atoms with Crippen LogP contribution in [0.5, 0.6) is 0 Å². The summed E-state index contributed by atoms with van der Waals surface area (Å²) in [5, 5.41) is 0. The average molecular weight is 381 g/mol. The van der Waals surface area contributed by atoms with Crippen molar-refractivity contribution in [2.75, 3.05) is 18.0 Å². The Morgan fingerprint density at radius 1 is 0.852 bits per heavy atom. The fourth-order valence-electron chi connectivity index (χ4n) is 3.55. The SMILES string of the molecule is Cc1ccc(CCc2c(F)c(F)c(N3C[C@@H](C)O[C@@H](C)C3)c(F)c2F)cc1. The van der Waals surface area contributed by atoms with E-state index in [1.807, 2.05) is 31.2 Å². The minimum atomic E-state index is -1.34. The van der Waals surface area contributed by atoms with E-state index in [-0.39, 0.29) is 38.1 Å². The third kappa shape index (κ3) is 4.10. The van der Waals surface area contributed by atoms with Gasteiger partial charge < -0.3 is 9.64 Å². The molecule has 2 nitrogen and oxygen atoms in total. The number of morpholine rings is 1. The molecule has 0 radical (unpaired) electrons. The molecular formula is C21H23F4NO. The van der Waals surface area contributed by atoms with Gasteiger partial charge in [0.05, 0.1) is 12.2 Å². The zero-order valence-corrected chi connectivity index (χ0v) is 15.7. The summed E-state index contributed by atoms with van der Waals surface area (Å²) in [5.41, 5.74) is 0.710. The summed E-state index contributed by atoms with van der Waals surface area (Å²) in [6.07, 6.45) is -0.414. The lowest BCUT2D eigenvalue weighted by Gasteiger charge is -2.37. The van der Waals surface area contributed by atoms with Gasteiger partial charge in [-0.25, -0.2) is 17.6 Å². The molecule has 146 valence electrons. The molecule has 0 spiro atoms. The van der Waals surface area contributed by atoms with Crippen molar-refractivity contribution < 1.29 is 22.3 Å². The van der Waals surface area contributed by atoms with Crippen LogP contribution in [0.2, 0.25) is 0 Å². The number of halogens is 4. The van der Waals surface area contributed by atoms with Gasteiger partial charge in [-0.2, -0.15) is 0 Å². The minimum Gasteiger partial charge on any atom is -0.372 e. The maximum Gasteiger partial charge on any atom is 0.185 e. The number of rotatable bonds is 4. The van der Waals surface area contributed by atoms with Gasteiger partial charge in [-0.15, -0.1) is 0 Å². The third-order valence-electron chi connectivity index (χ3n) is 4.85. The van der Waals surface area contributed by atoms with Crippen molar-refractivity contribution in [2.24, 2.45) is 0 Å². The molecule has 0 bridgehead atoms. The maximum absolute atomic E-state index is 14.7. The van der Waals surface area contributed by atoms with E-state index in [0.717, 1.165) is 11.1 Å². The summed E-state index contributed by atoms with van der Waals surface area (Å²) in [5.74, 6) is -5.31. The van der Waals surface area contributed by atoms with Gasteiger partial charge >= 0.3 is 0 Å². The van der Waals surface area contributed by atoms with Crippen molar-refractivity contribution in [3.63, 3.8) is 0 Å². The Kier molecular flexibility index (Phi) is 5.75. The highest BCUT2D eigenvalue weighted by molar-refractivity contribution is 5.53. The molecule has 1 fully saturated rings. The van der Waals surface area contributed by atoms with Gasteiger partial charge in [-0.05, 0) is 39.2 Å². The van der Waals surface area contributed by atoms with Crippen molar-refractivity contribution in [3.05, 3.63) is 64.2 Å². The Morgan fingerprint density at radius 3 is 1.89 bits per heavy atom. The van der Waals surface area contributed by atoms with Crippen molar-refractivity contribution in [1.29, 1.82) is 0 Å². The summed E-state index contributed by atoms with van der Waals surface area (Å²) in [7, 11) is 0. The van der Waals surface area contributed by atoms with E-state index in [0.29, 0.717) is 0 Å². The summed E-state index contributed by atoms with van der Waals surface area (Å²) >= 11 is 0. The average Bonchev–Trinajstić information content (AvgIpc) is 2.61. The molecule has 6 heteroatoms. The Morgan fingerprint density at radius 2 is 1.37 bits per heavy atom. The van der Waals surface area contributed by atoms with E-state index >= 15 is 0 Å². The van der Waals surface area contributed by atoms with Crippen molar-refractivity contribution in [3.8, 4) is 0 Å². The summed E-state index contributed by atoms with van der Waals surface area (Å²) in [6, 6.07) is 7.44. The molecule has 2 aromatic carbocycles. The zero-order valence-electron chi connectivity index (χ0n) is 15.7. The molecule has 0 saturated carbocycles. The lowest BCUT2D eigenvalue weighted by Crippen LogP contribution is -2.46. The summed E-state index contributed by atoms with van der Waals surface area (Å²) in [4.78, 5) is 1.32. The van der Waals surface area contributed by atoms with Crippen LogP contribution in [0.15, 0.2) is 24.3 Å². The lowest BCUT2D eigenvalue weighted by atomic mass is 10.0. The Bertz CT molecular complexity index is 783. The van der Waals surface area contributed by atoms with Crippen molar-refractivity contribution >= 4 is 5.69 Å². The second-order valence-corrected chi connectivity index (χ2v) is 7.23. The number of aryl methyl sites for hydroxylation is 2. The maximum atomic E-state index is 14.7. The monoisotopic (exact) mass is 381 g/mol. The molecule has 1 aliphatic heterocycles. The fraction of sp³-hybridized carbons (Fsp3) is 0.429. The Balaban J connectivity index is 1.90. The van der Waals surface area contributed by atoms with Crippen LogP contribution in [0.25, 0.3) is 0 Å². The number of anilines is 1. The highest BCUT2D eigenvalue weighted by Crippen LogP contribution is 2.33. The van der Waals surface area contributed by atoms with E-state index < -0.39 is 34.5 Å². The molecule has 27 heavy (non-hydrogen) atoms. The van der Waals surface area contributed by atoms with Crippen LogP contribution < -0.4 is 4.90 Å². The standard InChI is InChI=1S/C21H23F4NO/c1-12-4-6-15(7-5-12)8-9-16-17(22)19(24)21(20(25)18(16)23)26-10-13(2)27-14(3)11-26/h4-7,13-14H,8-11H2,1-3H3/t13-,14+. The molecule has 1 heterocycles. The molecule has 0 aliphatic carbocycles. The Hall–Kier alpha value is -2.08. The van der Waals surface area contributed by atoms with Crippen LogP contribution in [0.3, 0.4) is 0 Å². The van der Waals surface area contributed by atoms with Crippen LogP contribution in [0, 0.1) is 30.2 Å². The first-order valence-electron chi connectivity index (χ1n) is 9.08. The largest absolute Gasteiger partial charge is 0.372 e. The molecule has 1 aliphatic rings. The second-order valence-electron chi connectivity index (χ2n) is 7.23. The number of benzene rings is 2. The molecule has 2 atom stereocenters. The number of hydrogen-bond donors (Lipinski definition) is 0. The molecule has 0 aromatic heterocycles. The van der Waals surface area contributed by atoms with Gasteiger partial charge in [0.1, 0.15) is 5.69 Å². The van der Waals surface area contributed by atoms with Crippen molar-refractivity contribution in [2.45, 2.75) is 45.8 Å². The molecule has 3 rings (SSSR count). The number of nitrogens with zero attached hydrogens (tertiary/aromatic N) is 1. The predicted molar refractivity (Wildman–Crippen MR) is 97.1 cm³/mol. The van der Waals surface area contributed by atoms with Gasteiger partial charge in [0.15, 0.2) is 23.3 Å². The van der Waals surface area contributed by atoms with Gasteiger partial charge in [-0.1, -0.05) is 29.8 Å². The third-order valence-corrected chi connectivity index (χ3v) is 4.85. The quantitative estimate of drug-likeness (QED) is 0.549. The van der Waals surface area contributed by atoms with E-state index in [4.69, 9.17) is 4.74 Å². The lowest BCUT2D eigenvalue weighted by molar-refractivity contribution is -0.00566. The van der Waals surface area contributed by atoms with Crippen LogP contribution >= 0.6 is 0 Å². The zero-order chi connectivity index (χ0) is 19.7. The van der Waals surface area contributed by atoms with Crippen LogP contribution in [-0.2, 0) is 17.6 Å². The van der Waals surface area contributed by atoms with E-state index in [2.05, 4.69) is 0 Å². The first-order valence-corrected chi connectivity index (χ1v) is 9.08. The molecule has 0 amide bonds. The van der Waals surface area contributed by atoms with Gasteiger partial charge in [-0.3, -0.25) is 0 Å². The number of hydrogen-bond acceptors (Lipinski definition) is 2. The molecule has 1 saturated heterocycles. The highest BCUT2D eigenvalue weighted by Gasteiger charge is 2.32. The van der Waals surface area contributed by atoms with Gasteiger partial charge in [0.25, 0.3) is 0 Å². The summed E-state index contributed by atoms with van der Waals surface area (Å²) < 4.78 is 64.0. The second kappa shape index (κ2) is 7.89. The topological polar surface area (TPSA) is 12.5 Å². The molecular weight excluding hydrogens is 358 g/mol. The van der Waals surface area contributed by atoms with Crippen molar-refractivity contribution in [1.82, 2.24) is 0 Å². The molecule has 2 aromatic rings. The number of ether oxygens (including phenoxy) is 1. The first kappa shape index (κ1) is 19.7. The van der Waals surface area contributed by atoms with E-state index in [1.165, 1.54) is 4.90 Å². The van der Waals surface area contributed by atoms with Crippen LogP contribution in [-0.4, -0.2) is 25.3 Å². The molecule has 0 unspecified atom stereocenters. The minimum absolute atomic E-state index is 0.120. The Labute approximate surface area is 156 Å². The molecule has 0 N–H and O–H groups in total. The normalized spacial score (nSPS) is 20.2. The van der Waals surface area contributed by atoms with Crippen LogP contribution in [0.1, 0.15) is 30.5 Å².